The maximum atomic E-state index is 4.19. The minimum Gasteiger partial charge on any atom is -0.355 e. The number of rotatable bonds is 12. The van der Waals surface area contributed by atoms with E-state index < -0.39 is 0 Å². The van der Waals surface area contributed by atoms with Crippen LogP contribution in [-0.2, 0) is 6.42 Å². The highest BCUT2D eigenvalue weighted by molar-refractivity contribution is 6.11. The third kappa shape index (κ3) is 20.2. The summed E-state index contributed by atoms with van der Waals surface area (Å²) >= 11 is 0. The molecule has 512 valence electrons. The van der Waals surface area contributed by atoms with E-state index in [0.717, 1.165) is 95.3 Å². The Bertz CT molecular complexity index is 4390. The number of benzene rings is 7. The third-order valence-electron chi connectivity index (χ3n) is 17.2. The lowest BCUT2D eigenvalue weighted by atomic mass is 9.87. The fourth-order valence-electron chi connectivity index (χ4n) is 12.6. The van der Waals surface area contributed by atoms with E-state index in [-0.39, 0.29) is 0 Å². The molecule has 13 rings (SSSR count). The Balaban J connectivity index is 0.000000284. The van der Waals surface area contributed by atoms with E-state index in [4.69, 9.17) is 0 Å². The van der Waals surface area contributed by atoms with E-state index in [2.05, 4.69) is 315 Å². The Morgan fingerprint density at radius 1 is 0.566 bits per heavy atom. The summed E-state index contributed by atoms with van der Waals surface area (Å²) in [5, 5.41) is 11.2. The van der Waals surface area contributed by atoms with Gasteiger partial charge in [0.1, 0.15) is 0 Å². The maximum absolute atomic E-state index is 4.19. The second-order valence-corrected chi connectivity index (χ2v) is 23.3. The molecule has 4 heteroatoms. The number of para-hydroxylation sites is 1. The van der Waals surface area contributed by atoms with Gasteiger partial charge in [0.05, 0.1) is 16.7 Å². The lowest BCUT2D eigenvalue weighted by molar-refractivity contribution is 0.571. The van der Waals surface area contributed by atoms with Gasteiger partial charge in [0.2, 0.25) is 0 Å². The molecule has 0 radical (unpaired) electrons. The number of fused-ring (bicyclic) bond motifs is 8. The monoisotopic (exact) mass is 1310 g/mol. The van der Waals surface area contributed by atoms with Crippen molar-refractivity contribution in [2.45, 2.75) is 135 Å². The summed E-state index contributed by atoms with van der Waals surface area (Å²) in [4.78, 5) is 4.76. The van der Waals surface area contributed by atoms with Gasteiger partial charge in [-0.2, -0.15) is 0 Å². The second kappa shape index (κ2) is 42.5. The molecule has 7 aromatic carbocycles. The Morgan fingerprint density at radius 2 is 1.23 bits per heavy atom. The van der Waals surface area contributed by atoms with Crippen molar-refractivity contribution < 1.29 is 0 Å². The molecule has 8 aromatic rings. The fraction of sp³-hybridized carbons (Fsp3) is 0.242. The highest BCUT2D eigenvalue weighted by Gasteiger charge is 2.24. The Morgan fingerprint density at radius 3 is 1.94 bits per heavy atom. The summed E-state index contributed by atoms with van der Waals surface area (Å²) < 4.78 is 2.39. The largest absolute Gasteiger partial charge is 0.355 e. The van der Waals surface area contributed by atoms with Crippen LogP contribution in [0.3, 0.4) is 0 Å². The molecule has 0 saturated carbocycles. The second-order valence-electron chi connectivity index (χ2n) is 23.3. The fourth-order valence-corrected chi connectivity index (χ4v) is 12.6. The molecule has 1 aromatic heterocycles. The summed E-state index contributed by atoms with van der Waals surface area (Å²) in [7, 11) is 2.20. The molecule has 5 aliphatic rings. The van der Waals surface area contributed by atoms with Crippen LogP contribution in [0.15, 0.2) is 315 Å². The van der Waals surface area contributed by atoms with Gasteiger partial charge in [0, 0.05) is 80.9 Å². The van der Waals surface area contributed by atoms with Crippen LogP contribution in [0.2, 0.25) is 0 Å². The first-order valence-corrected chi connectivity index (χ1v) is 36.6. The van der Waals surface area contributed by atoms with Crippen LogP contribution >= 0.6 is 0 Å². The van der Waals surface area contributed by atoms with Crippen LogP contribution < -0.4 is 15.1 Å². The van der Waals surface area contributed by atoms with Crippen LogP contribution in [0.1, 0.15) is 151 Å². The van der Waals surface area contributed by atoms with Gasteiger partial charge in [-0.25, -0.2) is 0 Å². The Labute approximate surface area is 597 Å². The number of allylic oxidation sites excluding steroid dienone is 26. The number of nitrogens with zero attached hydrogens (tertiary/aromatic N) is 3. The molecule has 99 heavy (non-hydrogen) atoms. The number of hydrogen-bond acceptors (Lipinski definition) is 3. The number of anilines is 4. The van der Waals surface area contributed by atoms with Crippen molar-refractivity contribution >= 4 is 84.3 Å². The van der Waals surface area contributed by atoms with Crippen molar-refractivity contribution in [1.82, 2.24) is 4.57 Å². The van der Waals surface area contributed by atoms with Crippen molar-refractivity contribution in [2.24, 2.45) is 11.8 Å². The average molecular weight is 1310 g/mol. The van der Waals surface area contributed by atoms with Gasteiger partial charge in [-0.3, -0.25) is 0 Å². The predicted octanol–water partition coefficient (Wildman–Crippen LogP) is 28.6. The van der Waals surface area contributed by atoms with Crippen molar-refractivity contribution in [3.05, 3.63) is 337 Å². The first kappa shape index (κ1) is 77.8. The number of hydrogen-bond donors (Lipinski definition) is 1. The summed E-state index contributed by atoms with van der Waals surface area (Å²) in [5.74, 6) is 0.964. The average Bonchev–Trinajstić information content (AvgIpc) is 1.67. The SMILES string of the molecule is C/C=C\C=C/C.C=Cc1cc(N(C2=CCC=CC=C2)c2ccc3c(c2)c2ccccc2n3-c2ccc(NC3=C4C=CC=CC4CC(C)C=C3)cc2)c2ccccc2c1C=C.CC.CC.CC.CC.CC=CCC.CN(/C1=C/C=CCCC=CC1)c1cc2ccccc2c2c1C=CC=CC2. The van der Waals surface area contributed by atoms with Gasteiger partial charge >= 0.3 is 0 Å². The third-order valence-corrected chi connectivity index (χ3v) is 17.2. The molecule has 0 fully saturated rings. The molecular formula is C95H112N4. The summed E-state index contributed by atoms with van der Waals surface area (Å²) in [6, 6.07) is 46.5. The number of nitrogens with one attached hydrogen (secondary N) is 1. The van der Waals surface area contributed by atoms with E-state index in [1.807, 2.05) is 113 Å². The molecule has 0 saturated heterocycles. The first-order chi connectivity index (χ1) is 48.8. The molecule has 2 unspecified atom stereocenters. The van der Waals surface area contributed by atoms with Gasteiger partial charge < -0.3 is 19.7 Å². The highest BCUT2D eigenvalue weighted by Crippen LogP contribution is 2.44. The summed E-state index contributed by atoms with van der Waals surface area (Å²) in [6.45, 7) is 34.8. The topological polar surface area (TPSA) is 23.4 Å². The minimum atomic E-state index is 0.431. The van der Waals surface area contributed by atoms with Crippen LogP contribution in [0.4, 0.5) is 22.7 Å². The normalized spacial score (nSPS) is 16.0. The van der Waals surface area contributed by atoms with E-state index in [1.54, 1.807) is 0 Å². The minimum absolute atomic E-state index is 0.431. The maximum Gasteiger partial charge on any atom is 0.0546 e. The van der Waals surface area contributed by atoms with E-state index in [9.17, 15) is 0 Å². The lowest BCUT2D eigenvalue weighted by Crippen LogP contribution is -2.18. The van der Waals surface area contributed by atoms with Gasteiger partial charge in [-0.05, 0) is 183 Å². The number of aromatic nitrogens is 1. The molecule has 1 heterocycles. The molecule has 0 bridgehead atoms. The zero-order valence-corrected chi connectivity index (χ0v) is 62.2. The van der Waals surface area contributed by atoms with Crippen LogP contribution in [0.5, 0.6) is 0 Å². The molecular weight excluding hydrogens is 1200 g/mol. The van der Waals surface area contributed by atoms with Gasteiger partial charge in [-0.15, -0.1) is 0 Å². The quantitative estimate of drug-likeness (QED) is 0.0974. The van der Waals surface area contributed by atoms with Crippen molar-refractivity contribution in [1.29, 1.82) is 0 Å². The van der Waals surface area contributed by atoms with E-state index >= 15 is 0 Å². The molecule has 0 aliphatic heterocycles. The Hall–Kier alpha value is -10.2. The van der Waals surface area contributed by atoms with E-state index in [0.29, 0.717) is 11.8 Å². The predicted molar refractivity (Wildman–Crippen MR) is 448 cm³/mol. The van der Waals surface area contributed by atoms with Gasteiger partial charge in [-0.1, -0.05) is 301 Å². The smallest absolute Gasteiger partial charge is 0.0546 e. The van der Waals surface area contributed by atoms with Crippen LogP contribution in [0.25, 0.3) is 67.3 Å². The molecule has 0 spiro atoms. The van der Waals surface area contributed by atoms with E-state index in [1.165, 1.54) is 66.4 Å². The standard InChI is InChI=1S/C51H43N3.C25H25N.C6H10.C5H10.4C2H6/c1-4-36-33-51(45-21-13-12-20-44(45)42(36)5-2)53(39-17-8-6-7-9-18-39)41-29-31-50-47(34-41)46-22-14-15-23-49(46)54(50)40-27-25-38(26-28-40)52-48-30-24-35(3)32-37-16-10-11-19-43(37)48;1-26(21-14-7-4-2-3-5-8-15-21)25-19-20-13-11-12-16-22(20)23-17-9-6-10-18-24(23)25;1-3-5-6-4-2;1-3-5-4-2;4*1-2/h4-8,10-31,33-35,37,52H,1-2,9,32H2,3H3;4-14,16,18-19H,2-3,15,17H2,1H3;3-6H,1-2H3;3,5H,4H2,1-2H3;4*1-2H3/b;7-4?,8-5?,21-14+;5-3-,6-4-;;;;;. The summed E-state index contributed by atoms with van der Waals surface area (Å²) in [5.41, 5.74) is 17.9. The van der Waals surface area contributed by atoms with Crippen LogP contribution in [0, 0.1) is 11.8 Å². The first-order valence-electron chi connectivity index (χ1n) is 36.6. The van der Waals surface area contributed by atoms with Crippen molar-refractivity contribution in [3.8, 4) is 5.69 Å². The highest BCUT2D eigenvalue weighted by atomic mass is 15.2. The van der Waals surface area contributed by atoms with Gasteiger partial charge in [0.15, 0.2) is 0 Å². The summed E-state index contributed by atoms with van der Waals surface area (Å²) in [6.07, 6.45) is 68.0. The molecule has 5 aliphatic carbocycles. The zero-order valence-electron chi connectivity index (χ0n) is 62.2. The molecule has 0 amide bonds. The Kier molecular flexibility index (Phi) is 33.4. The molecule has 2 atom stereocenters. The molecule has 4 nitrogen and oxygen atoms in total. The van der Waals surface area contributed by atoms with Crippen molar-refractivity contribution in [3.63, 3.8) is 0 Å². The zero-order chi connectivity index (χ0) is 71.3. The van der Waals surface area contributed by atoms with Crippen LogP contribution in [-0.4, -0.2) is 11.6 Å². The van der Waals surface area contributed by atoms with Crippen molar-refractivity contribution in [2.75, 3.05) is 22.2 Å². The van der Waals surface area contributed by atoms with Gasteiger partial charge in [0.25, 0.3) is 0 Å². The molecule has 1 N–H and O–H groups in total. The lowest BCUT2D eigenvalue weighted by Gasteiger charge is -2.29.